The maximum Gasteiger partial charge on any atom is 0.271 e. The Bertz CT molecular complexity index is 538. The van der Waals surface area contributed by atoms with Crippen molar-refractivity contribution in [1.82, 2.24) is 9.97 Å². The number of nitrogens with zero attached hydrogens (tertiary/aromatic N) is 2. The number of hydrogen-bond acceptors (Lipinski definition) is 3. The van der Waals surface area contributed by atoms with Crippen molar-refractivity contribution >= 4 is 23.1 Å². The third-order valence-electron chi connectivity index (χ3n) is 2.24. The molecule has 0 aliphatic carbocycles. The summed E-state index contributed by atoms with van der Waals surface area (Å²) in [6, 6.07) is 9.57. The summed E-state index contributed by atoms with van der Waals surface area (Å²) in [5.74, 6) is 0.441. The van der Waals surface area contributed by atoms with Crippen LogP contribution >= 0.6 is 11.6 Å². The SMILES string of the molecule is CN(c1ccccc1)c1nc[nH]c(=O)c1Cl. The highest BCUT2D eigenvalue weighted by Crippen LogP contribution is 2.24. The van der Waals surface area contributed by atoms with E-state index >= 15 is 0 Å². The summed E-state index contributed by atoms with van der Waals surface area (Å²) in [5.41, 5.74) is 0.581. The fraction of sp³-hybridized carbons (Fsp3) is 0.0909. The Morgan fingerprint density at radius 1 is 1.31 bits per heavy atom. The Morgan fingerprint density at radius 3 is 2.69 bits per heavy atom. The van der Waals surface area contributed by atoms with Crippen LogP contribution in [-0.2, 0) is 0 Å². The number of aromatic nitrogens is 2. The third-order valence-corrected chi connectivity index (χ3v) is 2.58. The number of rotatable bonds is 2. The number of hydrogen-bond donors (Lipinski definition) is 1. The molecule has 2 aromatic rings. The first-order chi connectivity index (χ1) is 7.70. The molecule has 1 aromatic heterocycles. The van der Waals surface area contributed by atoms with Crippen LogP contribution in [0.3, 0.4) is 0 Å². The van der Waals surface area contributed by atoms with Gasteiger partial charge in [0.2, 0.25) is 0 Å². The number of H-pyrrole nitrogens is 1. The van der Waals surface area contributed by atoms with Gasteiger partial charge in [0.15, 0.2) is 5.82 Å². The number of aromatic amines is 1. The van der Waals surface area contributed by atoms with Crippen molar-refractivity contribution < 1.29 is 0 Å². The lowest BCUT2D eigenvalue weighted by molar-refractivity contribution is 1.05. The van der Waals surface area contributed by atoms with E-state index in [1.54, 1.807) is 4.90 Å². The molecule has 0 aliphatic rings. The maximum atomic E-state index is 11.3. The molecule has 1 aromatic carbocycles. The summed E-state index contributed by atoms with van der Waals surface area (Å²) in [7, 11) is 1.81. The molecule has 1 N–H and O–H groups in total. The van der Waals surface area contributed by atoms with E-state index < -0.39 is 0 Å². The highest BCUT2D eigenvalue weighted by atomic mass is 35.5. The highest BCUT2D eigenvalue weighted by molar-refractivity contribution is 6.32. The standard InChI is InChI=1S/C11H10ClN3O/c1-15(8-5-3-2-4-6-8)10-9(12)11(16)14-7-13-10/h2-7H,1H3,(H,13,14,16). The smallest absolute Gasteiger partial charge is 0.271 e. The number of nitrogens with one attached hydrogen (secondary N) is 1. The van der Waals surface area contributed by atoms with Gasteiger partial charge in [0.1, 0.15) is 5.02 Å². The van der Waals surface area contributed by atoms with Gasteiger partial charge >= 0.3 is 0 Å². The normalized spacial score (nSPS) is 10.1. The van der Waals surface area contributed by atoms with Gasteiger partial charge in [-0.25, -0.2) is 4.98 Å². The van der Waals surface area contributed by atoms with Gasteiger partial charge in [0.05, 0.1) is 6.33 Å². The van der Waals surface area contributed by atoms with Crippen molar-refractivity contribution in [3.63, 3.8) is 0 Å². The zero-order chi connectivity index (χ0) is 11.5. The van der Waals surface area contributed by atoms with Gasteiger partial charge in [-0.05, 0) is 12.1 Å². The average Bonchev–Trinajstić information content (AvgIpc) is 2.33. The summed E-state index contributed by atoms with van der Waals surface area (Å²) in [5, 5.41) is 0.0915. The molecule has 82 valence electrons. The molecule has 0 atom stereocenters. The molecular formula is C11H10ClN3O. The Morgan fingerprint density at radius 2 is 2.00 bits per heavy atom. The van der Waals surface area contributed by atoms with Crippen molar-refractivity contribution in [2.75, 3.05) is 11.9 Å². The Labute approximate surface area is 97.5 Å². The minimum atomic E-state index is -0.338. The summed E-state index contributed by atoms with van der Waals surface area (Å²) in [6.07, 6.45) is 1.34. The van der Waals surface area contributed by atoms with Crippen molar-refractivity contribution in [2.24, 2.45) is 0 Å². The van der Waals surface area contributed by atoms with Gasteiger partial charge in [-0.15, -0.1) is 0 Å². The number of benzene rings is 1. The first-order valence-corrected chi connectivity index (χ1v) is 5.10. The second kappa shape index (κ2) is 4.37. The lowest BCUT2D eigenvalue weighted by Crippen LogP contribution is -2.17. The van der Waals surface area contributed by atoms with E-state index in [4.69, 9.17) is 11.6 Å². The molecule has 0 saturated heterocycles. The molecule has 16 heavy (non-hydrogen) atoms. The summed E-state index contributed by atoms with van der Waals surface area (Å²) in [4.78, 5) is 19.6. The molecule has 0 spiro atoms. The van der Waals surface area contributed by atoms with Crippen LogP contribution in [0.15, 0.2) is 41.5 Å². The van der Waals surface area contributed by atoms with Crippen LogP contribution in [0.2, 0.25) is 5.02 Å². The molecule has 5 heteroatoms. The van der Waals surface area contributed by atoms with E-state index in [9.17, 15) is 4.79 Å². The molecule has 1 heterocycles. The fourth-order valence-electron chi connectivity index (χ4n) is 1.38. The van der Waals surface area contributed by atoms with E-state index in [1.165, 1.54) is 6.33 Å². The third kappa shape index (κ3) is 1.92. The van der Waals surface area contributed by atoms with E-state index in [1.807, 2.05) is 37.4 Å². The molecule has 0 aliphatic heterocycles. The zero-order valence-electron chi connectivity index (χ0n) is 8.64. The van der Waals surface area contributed by atoms with Crippen molar-refractivity contribution in [3.05, 3.63) is 52.0 Å². The Hall–Kier alpha value is -1.81. The molecule has 0 radical (unpaired) electrons. The zero-order valence-corrected chi connectivity index (χ0v) is 9.40. The molecule has 0 unspecified atom stereocenters. The molecular weight excluding hydrogens is 226 g/mol. The van der Waals surface area contributed by atoms with Gasteiger partial charge in [-0.1, -0.05) is 29.8 Å². The maximum absolute atomic E-state index is 11.3. The minimum Gasteiger partial charge on any atom is -0.328 e. The molecule has 2 rings (SSSR count). The van der Waals surface area contributed by atoms with Crippen molar-refractivity contribution in [1.29, 1.82) is 0 Å². The largest absolute Gasteiger partial charge is 0.328 e. The molecule has 0 fully saturated rings. The fourth-order valence-corrected chi connectivity index (χ4v) is 1.61. The topological polar surface area (TPSA) is 49.0 Å². The van der Waals surface area contributed by atoms with Crippen LogP contribution in [0.25, 0.3) is 0 Å². The first kappa shape index (κ1) is 10.7. The van der Waals surface area contributed by atoms with E-state index in [0.717, 1.165) is 5.69 Å². The Balaban J connectivity index is 2.46. The molecule has 0 bridgehead atoms. The van der Waals surface area contributed by atoms with Crippen LogP contribution in [0, 0.1) is 0 Å². The van der Waals surface area contributed by atoms with Crippen molar-refractivity contribution in [2.45, 2.75) is 0 Å². The predicted molar refractivity (Wildman–Crippen MR) is 64.4 cm³/mol. The highest BCUT2D eigenvalue weighted by Gasteiger charge is 2.11. The van der Waals surface area contributed by atoms with Crippen LogP contribution < -0.4 is 10.5 Å². The van der Waals surface area contributed by atoms with Gasteiger partial charge < -0.3 is 9.88 Å². The van der Waals surface area contributed by atoms with Crippen LogP contribution in [-0.4, -0.2) is 17.0 Å². The van der Waals surface area contributed by atoms with Gasteiger partial charge in [-0.3, -0.25) is 4.79 Å². The van der Waals surface area contributed by atoms with Gasteiger partial charge in [0.25, 0.3) is 5.56 Å². The summed E-state index contributed by atoms with van der Waals surface area (Å²) in [6.45, 7) is 0. The minimum absolute atomic E-state index is 0.0915. The van der Waals surface area contributed by atoms with Crippen LogP contribution in [0.5, 0.6) is 0 Å². The molecule has 4 nitrogen and oxygen atoms in total. The summed E-state index contributed by atoms with van der Waals surface area (Å²) < 4.78 is 0. The van der Waals surface area contributed by atoms with E-state index in [-0.39, 0.29) is 10.6 Å². The van der Waals surface area contributed by atoms with Crippen LogP contribution in [0.1, 0.15) is 0 Å². The first-order valence-electron chi connectivity index (χ1n) is 4.72. The van der Waals surface area contributed by atoms with Gasteiger partial charge in [-0.2, -0.15) is 0 Å². The second-order valence-electron chi connectivity index (χ2n) is 3.26. The average molecular weight is 236 g/mol. The molecule has 0 amide bonds. The number of anilines is 2. The number of halogens is 1. The van der Waals surface area contributed by atoms with Crippen molar-refractivity contribution in [3.8, 4) is 0 Å². The lowest BCUT2D eigenvalue weighted by atomic mass is 10.3. The summed E-state index contributed by atoms with van der Waals surface area (Å²) >= 11 is 5.89. The number of para-hydroxylation sites is 1. The predicted octanol–water partition coefficient (Wildman–Crippen LogP) is 2.19. The van der Waals surface area contributed by atoms with Gasteiger partial charge in [0, 0.05) is 12.7 Å². The monoisotopic (exact) mass is 235 g/mol. The Kier molecular flexibility index (Phi) is 2.92. The van der Waals surface area contributed by atoms with E-state index in [0.29, 0.717) is 5.82 Å². The molecule has 0 saturated carbocycles. The quantitative estimate of drug-likeness (QED) is 0.868. The van der Waals surface area contributed by atoms with Crippen LogP contribution in [0.4, 0.5) is 11.5 Å². The second-order valence-corrected chi connectivity index (χ2v) is 3.64. The van der Waals surface area contributed by atoms with E-state index in [2.05, 4.69) is 9.97 Å². The lowest BCUT2D eigenvalue weighted by Gasteiger charge is -2.18.